The highest BCUT2D eigenvalue weighted by molar-refractivity contribution is 5.84. The first kappa shape index (κ1) is 14.4. The van der Waals surface area contributed by atoms with Gasteiger partial charge in [0.05, 0.1) is 7.11 Å². The molecule has 2 aromatic carbocycles. The monoisotopic (exact) mass is 284 g/mol. The fourth-order valence-corrected chi connectivity index (χ4v) is 3.59. The number of likely N-dealkylation sites (tertiary alicyclic amines) is 1. The minimum absolute atomic E-state index is 0.440. The number of nitrogens with zero attached hydrogens (tertiary/aromatic N) is 1. The maximum Gasteiger partial charge on any atom is 0.119 e. The van der Waals surface area contributed by atoms with E-state index in [0.29, 0.717) is 12.0 Å². The Labute approximate surface area is 126 Å². The fraction of sp³-hybridized carbons (Fsp3) is 0.444. The van der Waals surface area contributed by atoms with Gasteiger partial charge in [-0.25, -0.2) is 0 Å². The van der Waals surface area contributed by atoms with Gasteiger partial charge < -0.3 is 10.5 Å². The van der Waals surface area contributed by atoms with E-state index in [-0.39, 0.29) is 0 Å². The van der Waals surface area contributed by atoms with Crippen LogP contribution in [0, 0.1) is 5.92 Å². The molecule has 2 aromatic rings. The third-order valence-electron chi connectivity index (χ3n) is 4.72. The van der Waals surface area contributed by atoms with Gasteiger partial charge in [0, 0.05) is 6.04 Å². The number of methoxy groups -OCH3 is 1. The molecule has 0 aromatic heterocycles. The molecular weight excluding hydrogens is 260 g/mol. The van der Waals surface area contributed by atoms with Gasteiger partial charge in [0.15, 0.2) is 0 Å². The van der Waals surface area contributed by atoms with E-state index in [1.165, 1.54) is 29.2 Å². The van der Waals surface area contributed by atoms with E-state index in [9.17, 15) is 0 Å². The lowest BCUT2D eigenvalue weighted by Crippen LogP contribution is -2.39. The minimum Gasteiger partial charge on any atom is -0.497 e. The van der Waals surface area contributed by atoms with Crippen LogP contribution in [-0.2, 0) is 0 Å². The molecule has 1 aliphatic heterocycles. The Bertz CT molecular complexity index is 626. The molecule has 2 N–H and O–H groups in total. The van der Waals surface area contributed by atoms with E-state index < -0.39 is 0 Å². The average molecular weight is 284 g/mol. The van der Waals surface area contributed by atoms with Crippen LogP contribution in [0.4, 0.5) is 0 Å². The number of nitrogens with two attached hydrogens (primary N) is 1. The van der Waals surface area contributed by atoms with E-state index in [0.717, 1.165) is 18.8 Å². The van der Waals surface area contributed by atoms with Crippen LogP contribution in [0.15, 0.2) is 36.4 Å². The van der Waals surface area contributed by atoms with Crippen molar-refractivity contribution < 1.29 is 4.74 Å². The molecule has 1 saturated heterocycles. The molecule has 1 fully saturated rings. The molecule has 2 unspecified atom stereocenters. The molecule has 0 aliphatic carbocycles. The molecule has 3 heteroatoms. The predicted molar refractivity (Wildman–Crippen MR) is 87.6 cm³/mol. The molecule has 2 atom stereocenters. The number of ether oxygens (including phenoxy) is 1. The van der Waals surface area contributed by atoms with Gasteiger partial charge in [0.2, 0.25) is 0 Å². The highest BCUT2D eigenvalue weighted by Crippen LogP contribution is 2.36. The molecule has 0 saturated carbocycles. The van der Waals surface area contributed by atoms with Crippen molar-refractivity contribution in [2.75, 3.05) is 27.2 Å². The van der Waals surface area contributed by atoms with Crippen molar-refractivity contribution in [3.05, 3.63) is 42.0 Å². The van der Waals surface area contributed by atoms with Gasteiger partial charge in [-0.2, -0.15) is 0 Å². The molecular formula is C18H24N2O. The topological polar surface area (TPSA) is 38.5 Å². The second-order valence-corrected chi connectivity index (χ2v) is 6.04. The van der Waals surface area contributed by atoms with Crippen LogP contribution in [-0.4, -0.2) is 32.1 Å². The third kappa shape index (κ3) is 2.76. The third-order valence-corrected chi connectivity index (χ3v) is 4.72. The number of benzene rings is 2. The number of hydrogen-bond acceptors (Lipinski definition) is 3. The van der Waals surface area contributed by atoms with Gasteiger partial charge >= 0.3 is 0 Å². The molecule has 1 aliphatic rings. The van der Waals surface area contributed by atoms with E-state index in [1.54, 1.807) is 7.11 Å². The molecule has 0 spiro atoms. The van der Waals surface area contributed by atoms with Crippen LogP contribution in [0.1, 0.15) is 24.4 Å². The normalized spacial score (nSPS) is 23.4. The summed E-state index contributed by atoms with van der Waals surface area (Å²) in [5, 5.41) is 2.49. The second-order valence-electron chi connectivity index (χ2n) is 6.04. The maximum absolute atomic E-state index is 6.00. The Morgan fingerprint density at radius 1 is 1.19 bits per heavy atom. The summed E-state index contributed by atoms with van der Waals surface area (Å²) < 4.78 is 5.30. The molecule has 21 heavy (non-hydrogen) atoms. The first-order valence-corrected chi connectivity index (χ1v) is 7.71. The van der Waals surface area contributed by atoms with Crippen molar-refractivity contribution >= 4 is 10.8 Å². The van der Waals surface area contributed by atoms with Crippen molar-refractivity contribution in [1.29, 1.82) is 0 Å². The zero-order valence-electron chi connectivity index (χ0n) is 12.9. The van der Waals surface area contributed by atoms with E-state index in [4.69, 9.17) is 10.5 Å². The Hall–Kier alpha value is -1.58. The van der Waals surface area contributed by atoms with Crippen LogP contribution in [0.5, 0.6) is 5.75 Å². The first-order valence-electron chi connectivity index (χ1n) is 7.71. The van der Waals surface area contributed by atoms with E-state index in [1.807, 2.05) is 6.07 Å². The predicted octanol–water partition coefficient (Wildman–Crippen LogP) is 3.19. The van der Waals surface area contributed by atoms with Crippen LogP contribution in [0.3, 0.4) is 0 Å². The van der Waals surface area contributed by atoms with Crippen LogP contribution >= 0.6 is 0 Å². The summed E-state index contributed by atoms with van der Waals surface area (Å²) >= 11 is 0. The summed E-state index contributed by atoms with van der Waals surface area (Å²) in [6.07, 6.45) is 2.48. The SMILES string of the molecule is COc1ccc2cc(C3C(CN)CCCN3C)ccc2c1. The number of piperidine rings is 1. The Kier molecular flexibility index (Phi) is 4.13. The lowest BCUT2D eigenvalue weighted by molar-refractivity contribution is 0.125. The van der Waals surface area contributed by atoms with Crippen molar-refractivity contribution in [1.82, 2.24) is 4.90 Å². The van der Waals surface area contributed by atoms with Crippen molar-refractivity contribution in [3.8, 4) is 5.75 Å². The fourth-order valence-electron chi connectivity index (χ4n) is 3.59. The standard InChI is InChI=1S/C18H24N2O/c1-20-9-3-4-16(12-19)18(20)15-6-5-14-11-17(21-2)8-7-13(14)10-15/h5-8,10-11,16,18H,3-4,9,12,19H2,1-2H3. The van der Waals surface area contributed by atoms with Gasteiger partial charge in [-0.05, 0) is 73.4 Å². The average Bonchev–Trinajstić information content (AvgIpc) is 2.53. The molecule has 112 valence electrons. The molecule has 3 rings (SSSR count). The molecule has 0 bridgehead atoms. The summed E-state index contributed by atoms with van der Waals surface area (Å²) in [4.78, 5) is 2.45. The maximum atomic E-state index is 6.00. The molecule has 1 heterocycles. The summed E-state index contributed by atoms with van der Waals surface area (Å²) in [6.45, 7) is 1.91. The summed E-state index contributed by atoms with van der Waals surface area (Å²) in [7, 11) is 3.92. The molecule has 0 radical (unpaired) electrons. The quantitative estimate of drug-likeness (QED) is 0.940. The van der Waals surface area contributed by atoms with Crippen molar-refractivity contribution in [2.45, 2.75) is 18.9 Å². The lowest BCUT2D eigenvalue weighted by Gasteiger charge is -2.39. The molecule has 3 nitrogen and oxygen atoms in total. The number of fused-ring (bicyclic) bond motifs is 1. The van der Waals surface area contributed by atoms with Crippen molar-refractivity contribution in [2.24, 2.45) is 11.7 Å². The Morgan fingerprint density at radius 2 is 1.95 bits per heavy atom. The van der Waals surface area contributed by atoms with Gasteiger partial charge in [0.1, 0.15) is 5.75 Å². The Morgan fingerprint density at radius 3 is 2.71 bits per heavy atom. The van der Waals surface area contributed by atoms with Gasteiger partial charge in [-0.1, -0.05) is 18.2 Å². The highest BCUT2D eigenvalue weighted by atomic mass is 16.5. The minimum atomic E-state index is 0.440. The van der Waals surface area contributed by atoms with Gasteiger partial charge in [-0.3, -0.25) is 4.90 Å². The molecule has 0 amide bonds. The van der Waals surface area contributed by atoms with E-state index in [2.05, 4.69) is 42.3 Å². The lowest BCUT2D eigenvalue weighted by atomic mass is 9.84. The first-order chi connectivity index (χ1) is 10.2. The largest absolute Gasteiger partial charge is 0.497 e. The summed E-state index contributed by atoms with van der Waals surface area (Å²) in [5.41, 5.74) is 7.38. The van der Waals surface area contributed by atoms with Gasteiger partial charge in [-0.15, -0.1) is 0 Å². The van der Waals surface area contributed by atoms with E-state index >= 15 is 0 Å². The van der Waals surface area contributed by atoms with Crippen LogP contribution < -0.4 is 10.5 Å². The van der Waals surface area contributed by atoms with Crippen LogP contribution in [0.2, 0.25) is 0 Å². The van der Waals surface area contributed by atoms with Crippen LogP contribution in [0.25, 0.3) is 10.8 Å². The highest BCUT2D eigenvalue weighted by Gasteiger charge is 2.29. The number of rotatable bonds is 3. The van der Waals surface area contributed by atoms with Crippen molar-refractivity contribution in [3.63, 3.8) is 0 Å². The zero-order chi connectivity index (χ0) is 14.8. The number of hydrogen-bond donors (Lipinski definition) is 1. The summed E-state index contributed by atoms with van der Waals surface area (Å²) in [6, 6.07) is 13.4. The zero-order valence-corrected chi connectivity index (χ0v) is 12.9. The summed E-state index contributed by atoms with van der Waals surface area (Å²) in [5.74, 6) is 1.46. The second kappa shape index (κ2) is 6.04. The smallest absolute Gasteiger partial charge is 0.119 e. The Balaban J connectivity index is 1.99. The van der Waals surface area contributed by atoms with Gasteiger partial charge in [0.25, 0.3) is 0 Å².